The van der Waals surface area contributed by atoms with E-state index >= 15 is 0 Å². The molecule has 4 rings (SSSR count). The Morgan fingerprint density at radius 3 is 2.50 bits per heavy atom. The van der Waals surface area contributed by atoms with Gasteiger partial charge in [0.25, 0.3) is 0 Å². The lowest BCUT2D eigenvalue weighted by atomic mass is 9.95. The molecule has 5 atom stereocenters. The predicted molar refractivity (Wildman–Crippen MR) is 102 cm³/mol. The van der Waals surface area contributed by atoms with Gasteiger partial charge in [0.15, 0.2) is 5.78 Å². The molecule has 5 unspecified atom stereocenters. The Kier molecular flexibility index (Phi) is 5.52. The van der Waals surface area contributed by atoms with Gasteiger partial charge in [-0.2, -0.15) is 0 Å². The van der Waals surface area contributed by atoms with Gasteiger partial charge in [-0.1, -0.05) is 12.1 Å². The van der Waals surface area contributed by atoms with Crippen molar-refractivity contribution in [2.45, 2.75) is 37.1 Å². The number of hydrogen-bond acceptors (Lipinski definition) is 9. The summed E-state index contributed by atoms with van der Waals surface area (Å²) in [5.74, 6) is 0.527. The Hall–Kier alpha value is -2.85. The Bertz CT molecular complexity index is 927. The summed E-state index contributed by atoms with van der Waals surface area (Å²) in [4.78, 5) is 13.0. The van der Waals surface area contributed by atoms with Crippen LogP contribution in [-0.2, 0) is 4.74 Å². The maximum atomic E-state index is 13.0. The van der Waals surface area contributed by atoms with Crippen LogP contribution in [0.3, 0.4) is 0 Å². The third-order valence-corrected chi connectivity index (χ3v) is 5.16. The van der Waals surface area contributed by atoms with Crippen molar-refractivity contribution >= 4 is 5.78 Å². The molecular formula is C21H22O9. The van der Waals surface area contributed by atoms with Crippen molar-refractivity contribution in [2.75, 3.05) is 13.7 Å². The van der Waals surface area contributed by atoms with Crippen LogP contribution in [0.4, 0.5) is 0 Å². The molecule has 2 aromatic carbocycles. The van der Waals surface area contributed by atoms with Crippen LogP contribution in [0.2, 0.25) is 0 Å². The van der Waals surface area contributed by atoms with Gasteiger partial charge < -0.3 is 39.4 Å². The highest BCUT2D eigenvalue weighted by atomic mass is 16.7. The van der Waals surface area contributed by atoms with Gasteiger partial charge in [-0.05, 0) is 17.7 Å². The average molecular weight is 418 g/mol. The summed E-state index contributed by atoms with van der Waals surface area (Å²) in [5, 5.41) is 39.1. The Morgan fingerprint density at radius 1 is 1.07 bits per heavy atom. The van der Waals surface area contributed by atoms with E-state index in [2.05, 4.69) is 0 Å². The van der Waals surface area contributed by atoms with E-state index in [9.17, 15) is 25.2 Å². The molecule has 2 aliphatic rings. The molecule has 0 spiro atoms. The molecule has 9 nitrogen and oxygen atoms in total. The molecule has 160 valence electrons. The molecule has 2 aliphatic heterocycles. The second-order valence-electron chi connectivity index (χ2n) is 7.19. The van der Waals surface area contributed by atoms with Crippen LogP contribution in [0.25, 0.3) is 0 Å². The third kappa shape index (κ3) is 3.80. The summed E-state index contributed by atoms with van der Waals surface area (Å²) in [7, 11) is 1.44. The van der Waals surface area contributed by atoms with Crippen molar-refractivity contribution in [2.24, 2.45) is 0 Å². The van der Waals surface area contributed by atoms with E-state index in [4.69, 9.17) is 18.9 Å². The molecule has 30 heavy (non-hydrogen) atoms. The second-order valence-corrected chi connectivity index (χ2v) is 7.19. The molecule has 0 radical (unpaired) electrons. The first-order valence-electron chi connectivity index (χ1n) is 9.40. The maximum absolute atomic E-state index is 13.0. The van der Waals surface area contributed by atoms with Crippen LogP contribution in [0, 0.1) is 0 Å². The summed E-state index contributed by atoms with van der Waals surface area (Å²) in [6.07, 6.45) is -6.01. The standard InChI is InChI=1S/C21H22O9/c1-27-12-6-16-18(13(23)8-15(29-16)10-2-4-11(22)5-3-10)17(7-12)30-21-20(26)19(25)14(24)9-28-21/h2-7,14-15,19-22,24-26H,8-9H2,1H3. The molecule has 0 saturated carbocycles. The van der Waals surface area contributed by atoms with E-state index in [1.54, 1.807) is 18.2 Å². The third-order valence-electron chi connectivity index (χ3n) is 5.16. The normalized spacial score (nSPS) is 28.4. The van der Waals surface area contributed by atoms with Crippen LogP contribution in [-0.4, -0.2) is 64.5 Å². The summed E-state index contributed by atoms with van der Waals surface area (Å²) < 4.78 is 22.3. The smallest absolute Gasteiger partial charge is 0.228 e. The molecule has 2 aromatic rings. The molecule has 0 aliphatic carbocycles. The number of Topliss-reactive ketones (excluding diaryl/α,β-unsaturated/α-hetero) is 1. The van der Waals surface area contributed by atoms with Gasteiger partial charge >= 0.3 is 0 Å². The summed E-state index contributed by atoms with van der Waals surface area (Å²) in [6, 6.07) is 9.40. The largest absolute Gasteiger partial charge is 0.508 e. The number of phenolic OH excluding ortho intramolecular Hbond substituents is 1. The monoisotopic (exact) mass is 418 g/mol. The molecule has 1 fully saturated rings. The predicted octanol–water partition coefficient (Wildman–Crippen LogP) is 0.925. The topological polar surface area (TPSA) is 135 Å². The number of ketones is 1. The van der Waals surface area contributed by atoms with Crippen LogP contribution >= 0.6 is 0 Å². The van der Waals surface area contributed by atoms with E-state index in [1.807, 2.05) is 0 Å². The van der Waals surface area contributed by atoms with E-state index in [0.29, 0.717) is 5.75 Å². The fourth-order valence-corrected chi connectivity index (χ4v) is 3.49. The number of rotatable bonds is 4. The molecule has 4 N–H and O–H groups in total. The number of aromatic hydroxyl groups is 1. The zero-order valence-electron chi connectivity index (χ0n) is 16.1. The molecule has 9 heteroatoms. The van der Waals surface area contributed by atoms with E-state index in [1.165, 1.54) is 25.3 Å². The first-order chi connectivity index (χ1) is 14.4. The fourth-order valence-electron chi connectivity index (χ4n) is 3.49. The van der Waals surface area contributed by atoms with Crippen molar-refractivity contribution in [3.8, 4) is 23.0 Å². The van der Waals surface area contributed by atoms with Crippen molar-refractivity contribution in [3.05, 3.63) is 47.5 Å². The zero-order valence-corrected chi connectivity index (χ0v) is 16.1. The highest BCUT2D eigenvalue weighted by Gasteiger charge is 2.40. The number of benzene rings is 2. The van der Waals surface area contributed by atoms with Gasteiger partial charge in [0.05, 0.1) is 20.1 Å². The van der Waals surface area contributed by atoms with E-state index in [0.717, 1.165) is 5.56 Å². The van der Waals surface area contributed by atoms with Gasteiger partial charge in [0.1, 0.15) is 53.0 Å². The number of ether oxygens (including phenoxy) is 4. The summed E-state index contributed by atoms with van der Waals surface area (Å²) >= 11 is 0. The molecule has 0 bridgehead atoms. The van der Waals surface area contributed by atoms with Gasteiger partial charge in [-0.3, -0.25) is 4.79 Å². The summed E-state index contributed by atoms with van der Waals surface area (Å²) in [6.45, 7) is -0.234. The first-order valence-corrected chi connectivity index (χ1v) is 9.40. The van der Waals surface area contributed by atoms with Crippen LogP contribution < -0.4 is 14.2 Å². The quantitative estimate of drug-likeness (QED) is 0.572. The number of methoxy groups -OCH3 is 1. The first kappa shape index (κ1) is 20.4. The SMILES string of the molecule is COc1cc2c(c(OC3OCC(O)C(O)C3O)c1)C(=O)CC(c1ccc(O)cc1)O2. The van der Waals surface area contributed by atoms with Crippen molar-refractivity contribution in [1.82, 2.24) is 0 Å². The Balaban J connectivity index is 1.65. The molecule has 0 amide bonds. The fraction of sp³-hybridized carbons (Fsp3) is 0.381. The number of aliphatic hydroxyl groups is 3. The van der Waals surface area contributed by atoms with Crippen LogP contribution in [0.5, 0.6) is 23.0 Å². The lowest BCUT2D eigenvalue weighted by molar-refractivity contribution is -0.242. The lowest BCUT2D eigenvalue weighted by Gasteiger charge is -2.35. The number of phenols is 1. The second kappa shape index (κ2) is 8.11. The lowest BCUT2D eigenvalue weighted by Crippen LogP contribution is -2.54. The van der Waals surface area contributed by atoms with Gasteiger partial charge in [0, 0.05) is 12.1 Å². The highest BCUT2D eigenvalue weighted by Crippen LogP contribution is 2.43. The summed E-state index contributed by atoms with van der Waals surface area (Å²) in [5.41, 5.74) is 0.891. The zero-order chi connectivity index (χ0) is 21.4. The van der Waals surface area contributed by atoms with E-state index < -0.39 is 30.7 Å². The van der Waals surface area contributed by atoms with Gasteiger partial charge in [0.2, 0.25) is 6.29 Å². The van der Waals surface area contributed by atoms with Crippen LogP contribution in [0.15, 0.2) is 36.4 Å². The van der Waals surface area contributed by atoms with Crippen molar-refractivity contribution < 1.29 is 44.2 Å². The molecule has 1 saturated heterocycles. The number of aliphatic hydroxyl groups excluding tert-OH is 3. The molecule has 2 heterocycles. The van der Waals surface area contributed by atoms with Crippen LogP contribution in [0.1, 0.15) is 28.4 Å². The number of carbonyl (C=O) groups excluding carboxylic acids is 1. The number of carbonyl (C=O) groups is 1. The maximum Gasteiger partial charge on any atom is 0.228 e. The van der Waals surface area contributed by atoms with E-state index in [-0.39, 0.29) is 41.6 Å². The minimum absolute atomic E-state index is 0.0376. The van der Waals surface area contributed by atoms with Crippen molar-refractivity contribution in [3.63, 3.8) is 0 Å². The molecular weight excluding hydrogens is 396 g/mol. The average Bonchev–Trinajstić information content (AvgIpc) is 2.74. The van der Waals surface area contributed by atoms with Gasteiger partial charge in [-0.15, -0.1) is 0 Å². The Labute approximate surface area is 172 Å². The number of hydrogen-bond donors (Lipinski definition) is 4. The minimum Gasteiger partial charge on any atom is -0.508 e. The minimum atomic E-state index is -1.51. The number of fused-ring (bicyclic) bond motifs is 1. The Morgan fingerprint density at radius 2 is 1.80 bits per heavy atom. The van der Waals surface area contributed by atoms with Gasteiger partial charge in [-0.25, -0.2) is 0 Å². The molecule has 0 aromatic heterocycles. The van der Waals surface area contributed by atoms with Crippen molar-refractivity contribution in [1.29, 1.82) is 0 Å². The highest BCUT2D eigenvalue weighted by molar-refractivity contribution is 6.02.